The first-order valence-electron chi connectivity index (χ1n) is 8.12. The van der Waals surface area contributed by atoms with Crippen molar-refractivity contribution in [2.75, 3.05) is 12.3 Å². The van der Waals surface area contributed by atoms with Gasteiger partial charge in [-0.25, -0.2) is 0 Å². The fraction of sp³-hybridized carbons (Fsp3) is 0.368. The van der Waals surface area contributed by atoms with Gasteiger partial charge in [0, 0.05) is 31.1 Å². The highest BCUT2D eigenvalue weighted by molar-refractivity contribution is 7.99. The van der Waals surface area contributed by atoms with Crippen molar-refractivity contribution < 1.29 is 4.79 Å². The van der Waals surface area contributed by atoms with Crippen molar-refractivity contribution in [3.05, 3.63) is 69.6 Å². The molecule has 0 aliphatic rings. The van der Waals surface area contributed by atoms with E-state index in [0.717, 1.165) is 12.2 Å². The van der Waals surface area contributed by atoms with Crippen LogP contribution in [0.4, 0.5) is 0 Å². The third-order valence-electron chi connectivity index (χ3n) is 3.58. The number of nitrogens with zero attached hydrogens (tertiary/aromatic N) is 1. The number of carbonyl (C=O) groups excluding carboxylic acids is 1. The van der Waals surface area contributed by atoms with Gasteiger partial charge in [0.05, 0.1) is 5.75 Å². The minimum Gasteiger partial charge on any atom is -0.355 e. The zero-order valence-electron chi connectivity index (χ0n) is 14.2. The third kappa shape index (κ3) is 6.24. The molecule has 1 aromatic carbocycles. The average molecular weight is 344 g/mol. The maximum absolute atomic E-state index is 11.8. The van der Waals surface area contributed by atoms with E-state index >= 15 is 0 Å². The Labute approximate surface area is 147 Å². The molecule has 0 fully saturated rings. The first-order chi connectivity index (χ1) is 11.5. The summed E-state index contributed by atoms with van der Waals surface area (Å²) in [5, 5.41) is 2.91. The molecule has 2 aromatic rings. The number of amides is 1. The molecule has 1 amide bonds. The maximum atomic E-state index is 11.8. The normalized spacial score (nSPS) is 10.6. The molecule has 1 aromatic heterocycles. The van der Waals surface area contributed by atoms with Crippen LogP contribution in [0.1, 0.15) is 23.1 Å². The Morgan fingerprint density at radius 3 is 2.62 bits per heavy atom. The predicted octanol–water partition coefficient (Wildman–Crippen LogP) is 2.90. The van der Waals surface area contributed by atoms with Crippen molar-refractivity contribution in [3.63, 3.8) is 0 Å². The fourth-order valence-corrected chi connectivity index (χ4v) is 3.38. The van der Waals surface area contributed by atoms with Gasteiger partial charge in [0.2, 0.25) is 11.5 Å². The molecule has 2 rings (SSSR count). The van der Waals surface area contributed by atoms with Gasteiger partial charge in [0.1, 0.15) is 0 Å². The Balaban J connectivity index is 1.63. The Kier molecular flexibility index (Phi) is 7.12. The van der Waals surface area contributed by atoms with Crippen molar-refractivity contribution in [2.45, 2.75) is 32.6 Å². The van der Waals surface area contributed by atoms with Crippen LogP contribution in [0.25, 0.3) is 0 Å². The van der Waals surface area contributed by atoms with Crippen LogP contribution in [0.2, 0.25) is 0 Å². The van der Waals surface area contributed by atoms with Crippen molar-refractivity contribution >= 4 is 17.7 Å². The van der Waals surface area contributed by atoms with Crippen molar-refractivity contribution in [1.82, 2.24) is 9.88 Å². The van der Waals surface area contributed by atoms with Gasteiger partial charge in [-0.3, -0.25) is 9.59 Å². The Bertz CT molecular complexity index is 720. The van der Waals surface area contributed by atoms with Gasteiger partial charge in [-0.05, 0) is 31.9 Å². The summed E-state index contributed by atoms with van der Waals surface area (Å²) in [6.45, 7) is 5.39. The predicted molar refractivity (Wildman–Crippen MR) is 100 cm³/mol. The van der Waals surface area contributed by atoms with Crippen LogP contribution in [0, 0.1) is 13.8 Å². The molecule has 4 nitrogen and oxygen atoms in total. The largest absolute Gasteiger partial charge is 0.355 e. The second kappa shape index (κ2) is 9.33. The second-order valence-electron chi connectivity index (χ2n) is 5.92. The minimum absolute atomic E-state index is 0.00664. The molecule has 1 heterocycles. The summed E-state index contributed by atoms with van der Waals surface area (Å²) in [5.74, 6) is 1.35. The van der Waals surface area contributed by atoms with Crippen LogP contribution in [0.15, 0.2) is 47.4 Å². The average Bonchev–Trinajstić information content (AvgIpc) is 2.52. The lowest BCUT2D eigenvalue weighted by Gasteiger charge is -2.08. The molecule has 0 spiro atoms. The Morgan fingerprint density at radius 1 is 1.17 bits per heavy atom. The van der Waals surface area contributed by atoms with Gasteiger partial charge in [-0.2, -0.15) is 0 Å². The molecule has 0 unspecified atom stereocenters. The lowest BCUT2D eigenvalue weighted by atomic mass is 10.1. The first-order valence-corrected chi connectivity index (χ1v) is 9.27. The molecule has 24 heavy (non-hydrogen) atoms. The van der Waals surface area contributed by atoms with Crippen LogP contribution < -0.4 is 10.9 Å². The van der Waals surface area contributed by atoms with E-state index in [9.17, 15) is 9.59 Å². The van der Waals surface area contributed by atoms with Crippen molar-refractivity contribution in [2.24, 2.45) is 0 Å². The van der Waals surface area contributed by atoms with E-state index in [1.807, 2.05) is 6.07 Å². The molecule has 128 valence electrons. The maximum Gasteiger partial charge on any atom is 0.250 e. The van der Waals surface area contributed by atoms with E-state index in [2.05, 4.69) is 37.4 Å². The van der Waals surface area contributed by atoms with Gasteiger partial charge in [-0.15, -0.1) is 11.8 Å². The van der Waals surface area contributed by atoms with Crippen molar-refractivity contribution in [1.29, 1.82) is 0 Å². The van der Waals surface area contributed by atoms with Crippen molar-refractivity contribution in [3.8, 4) is 0 Å². The molecule has 0 atom stereocenters. The van der Waals surface area contributed by atoms with Gasteiger partial charge in [0.25, 0.3) is 0 Å². The number of hydrogen-bond donors (Lipinski definition) is 1. The standard InChI is InChI=1S/C19H24N2O2S/c1-15-10-16(2)12-17(11-15)13-24-14-18(22)20-7-5-9-21-8-4-3-6-19(21)23/h3-4,6,8,10-12H,5,7,9,13-14H2,1-2H3,(H,20,22). The van der Waals surface area contributed by atoms with Crippen LogP contribution in [-0.4, -0.2) is 22.8 Å². The highest BCUT2D eigenvalue weighted by atomic mass is 32.2. The number of nitrogens with one attached hydrogen (secondary N) is 1. The van der Waals surface area contributed by atoms with E-state index < -0.39 is 0 Å². The number of benzene rings is 1. The summed E-state index contributed by atoms with van der Waals surface area (Å²) in [5.41, 5.74) is 3.76. The molecule has 0 bridgehead atoms. The quantitative estimate of drug-likeness (QED) is 0.749. The fourth-order valence-electron chi connectivity index (χ4n) is 2.59. The summed E-state index contributed by atoms with van der Waals surface area (Å²) < 4.78 is 1.65. The Hall–Kier alpha value is -2.01. The number of pyridine rings is 1. The van der Waals surface area contributed by atoms with Crippen LogP contribution >= 0.6 is 11.8 Å². The van der Waals surface area contributed by atoms with E-state index in [0.29, 0.717) is 18.8 Å². The number of hydrogen-bond acceptors (Lipinski definition) is 3. The number of carbonyl (C=O) groups is 1. The molecule has 0 aliphatic carbocycles. The molecule has 5 heteroatoms. The summed E-state index contributed by atoms with van der Waals surface area (Å²) in [7, 11) is 0. The lowest BCUT2D eigenvalue weighted by molar-refractivity contribution is -0.118. The third-order valence-corrected chi connectivity index (χ3v) is 4.58. The monoisotopic (exact) mass is 344 g/mol. The number of thioether (sulfide) groups is 1. The van der Waals surface area contributed by atoms with Gasteiger partial charge in [0.15, 0.2) is 0 Å². The van der Waals surface area contributed by atoms with Gasteiger partial charge < -0.3 is 9.88 Å². The van der Waals surface area contributed by atoms with Crippen LogP contribution in [0.5, 0.6) is 0 Å². The SMILES string of the molecule is Cc1cc(C)cc(CSCC(=O)NCCCn2ccccc2=O)c1. The van der Waals surface area contributed by atoms with Crippen LogP contribution in [-0.2, 0) is 17.1 Å². The summed E-state index contributed by atoms with van der Waals surface area (Å²) in [6, 6.07) is 11.6. The van der Waals surface area contributed by atoms with E-state index in [4.69, 9.17) is 0 Å². The first kappa shape index (κ1) is 18.3. The Morgan fingerprint density at radius 2 is 1.92 bits per heavy atom. The van der Waals surface area contributed by atoms with Gasteiger partial charge >= 0.3 is 0 Å². The van der Waals surface area contributed by atoms with E-state index in [1.54, 1.807) is 34.7 Å². The highest BCUT2D eigenvalue weighted by Crippen LogP contribution is 2.15. The van der Waals surface area contributed by atoms with Crippen LogP contribution in [0.3, 0.4) is 0 Å². The molecule has 0 radical (unpaired) electrons. The molecule has 0 saturated heterocycles. The summed E-state index contributed by atoms with van der Waals surface area (Å²) in [6.07, 6.45) is 2.52. The zero-order chi connectivity index (χ0) is 17.4. The van der Waals surface area contributed by atoms with Gasteiger partial charge in [-0.1, -0.05) is 35.4 Å². The minimum atomic E-state index is -0.00664. The lowest BCUT2D eigenvalue weighted by Crippen LogP contribution is -2.28. The second-order valence-corrected chi connectivity index (χ2v) is 6.91. The van der Waals surface area contributed by atoms with E-state index in [1.165, 1.54) is 16.7 Å². The molecule has 1 N–H and O–H groups in total. The summed E-state index contributed by atoms with van der Waals surface area (Å²) in [4.78, 5) is 23.4. The summed E-state index contributed by atoms with van der Waals surface area (Å²) >= 11 is 1.62. The number of aromatic nitrogens is 1. The molecule has 0 saturated carbocycles. The molecule has 0 aliphatic heterocycles. The molecular weight excluding hydrogens is 320 g/mol. The highest BCUT2D eigenvalue weighted by Gasteiger charge is 2.03. The smallest absolute Gasteiger partial charge is 0.250 e. The number of rotatable bonds is 8. The van der Waals surface area contributed by atoms with E-state index in [-0.39, 0.29) is 11.5 Å². The number of aryl methyl sites for hydroxylation is 3. The topological polar surface area (TPSA) is 51.1 Å². The zero-order valence-corrected chi connectivity index (χ0v) is 15.1. The molecular formula is C19H24N2O2S.